The number of nitrogens with zero attached hydrogens (tertiary/aromatic N) is 1. The summed E-state index contributed by atoms with van der Waals surface area (Å²) in [6, 6.07) is 0. The van der Waals surface area contributed by atoms with Crippen LogP contribution in [0.1, 0.15) is 39.5 Å². The van der Waals surface area contributed by atoms with Crippen LogP contribution in [0, 0.1) is 0 Å². The molecule has 17 heavy (non-hydrogen) atoms. The molecule has 0 rings (SSSR count). The summed E-state index contributed by atoms with van der Waals surface area (Å²) in [5.74, 6) is -1.78. The number of carboxylic acid groups (broad SMARTS) is 1. The van der Waals surface area contributed by atoms with Crippen molar-refractivity contribution < 1.29 is 48.6 Å². The Balaban J connectivity index is 0. The number of carbonyl (C=O) groups excluding carboxylic acids is 2. The minimum absolute atomic E-state index is 0. The molecular weight excluding hydrogens is 236 g/mol. The molecule has 0 saturated heterocycles. The summed E-state index contributed by atoms with van der Waals surface area (Å²) in [5, 5.41) is 10.3. The van der Waals surface area contributed by atoms with Crippen LogP contribution in [0.4, 0.5) is 4.39 Å². The van der Waals surface area contributed by atoms with Crippen molar-refractivity contribution in [3.8, 4) is 0 Å². The van der Waals surface area contributed by atoms with Gasteiger partial charge in [0.1, 0.15) is 6.17 Å². The average Bonchev–Trinajstić information content (AvgIpc) is 2.22. The zero-order chi connectivity index (χ0) is 12.6. The molecule has 0 radical (unpaired) electrons. The third kappa shape index (κ3) is 9.56. The van der Waals surface area contributed by atoms with Crippen molar-refractivity contribution in [2.45, 2.75) is 45.7 Å². The SMILES string of the molecule is CCCCC(F)CC(=O)N(CC)CC(=O)[O-].[Na+]. The third-order valence-corrected chi connectivity index (χ3v) is 2.32. The van der Waals surface area contributed by atoms with Crippen LogP contribution in [-0.4, -0.2) is 36.0 Å². The van der Waals surface area contributed by atoms with Gasteiger partial charge in [-0.25, -0.2) is 4.39 Å². The van der Waals surface area contributed by atoms with Gasteiger partial charge in [-0.2, -0.15) is 0 Å². The minimum Gasteiger partial charge on any atom is -0.548 e. The molecule has 0 aliphatic heterocycles. The van der Waals surface area contributed by atoms with Crippen LogP contribution in [0.25, 0.3) is 0 Å². The molecule has 0 aliphatic carbocycles. The summed E-state index contributed by atoms with van der Waals surface area (Å²) in [5.41, 5.74) is 0. The second-order valence-electron chi connectivity index (χ2n) is 3.72. The molecule has 0 heterocycles. The van der Waals surface area contributed by atoms with Crippen LogP contribution >= 0.6 is 0 Å². The molecule has 6 heteroatoms. The Labute approximate surface area is 124 Å². The van der Waals surface area contributed by atoms with Gasteiger partial charge in [0.25, 0.3) is 0 Å². The topological polar surface area (TPSA) is 60.4 Å². The van der Waals surface area contributed by atoms with E-state index >= 15 is 0 Å². The Morgan fingerprint density at radius 2 is 1.94 bits per heavy atom. The van der Waals surface area contributed by atoms with E-state index in [-0.39, 0.29) is 42.5 Å². The molecule has 0 aliphatic rings. The van der Waals surface area contributed by atoms with Crippen molar-refractivity contribution in [3.05, 3.63) is 0 Å². The smallest absolute Gasteiger partial charge is 0.548 e. The van der Waals surface area contributed by atoms with E-state index in [1.165, 1.54) is 0 Å². The van der Waals surface area contributed by atoms with Gasteiger partial charge in [0.05, 0.1) is 18.9 Å². The van der Waals surface area contributed by atoms with E-state index in [9.17, 15) is 19.1 Å². The van der Waals surface area contributed by atoms with E-state index in [1.54, 1.807) is 6.92 Å². The summed E-state index contributed by atoms with van der Waals surface area (Å²) in [6.07, 6.45) is 0.557. The Kier molecular flexibility index (Phi) is 12.4. The van der Waals surface area contributed by atoms with Crippen LogP contribution in [0.15, 0.2) is 0 Å². The second kappa shape index (κ2) is 11.0. The predicted molar refractivity (Wildman–Crippen MR) is 56.3 cm³/mol. The van der Waals surface area contributed by atoms with Crippen LogP contribution in [0.3, 0.4) is 0 Å². The first kappa shape index (κ1) is 19.2. The number of rotatable bonds is 8. The first-order chi connectivity index (χ1) is 7.51. The van der Waals surface area contributed by atoms with E-state index in [0.29, 0.717) is 6.42 Å². The third-order valence-electron chi connectivity index (χ3n) is 2.32. The average molecular weight is 255 g/mol. The molecule has 4 nitrogen and oxygen atoms in total. The summed E-state index contributed by atoms with van der Waals surface area (Å²) in [7, 11) is 0. The van der Waals surface area contributed by atoms with Gasteiger partial charge >= 0.3 is 29.6 Å². The fourth-order valence-corrected chi connectivity index (χ4v) is 1.38. The fraction of sp³-hybridized carbons (Fsp3) is 0.818. The molecule has 0 bridgehead atoms. The Hall–Kier alpha value is -0.130. The molecule has 0 spiro atoms. The van der Waals surface area contributed by atoms with Crippen molar-refractivity contribution in [2.24, 2.45) is 0 Å². The molecule has 1 amide bonds. The standard InChI is InChI=1S/C11H20FNO3.Na/c1-3-5-6-9(12)7-10(14)13(4-2)8-11(15)16;/h9H,3-8H2,1-2H3,(H,15,16);/q;+1/p-1. The molecule has 0 fully saturated rings. The Bertz CT molecular complexity index is 239. The van der Waals surface area contributed by atoms with Gasteiger partial charge < -0.3 is 14.8 Å². The van der Waals surface area contributed by atoms with E-state index in [2.05, 4.69) is 0 Å². The van der Waals surface area contributed by atoms with Gasteiger partial charge in [-0.3, -0.25) is 4.79 Å². The number of carboxylic acids is 1. The van der Waals surface area contributed by atoms with Crippen LogP contribution in [0.5, 0.6) is 0 Å². The summed E-state index contributed by atoms with van der Waals surface area (Å²) in [6.45, 7) is 3.40. The van der Waals surface area contributed by atoms with Gasteiger partial charge in [-0.1, -0.05) is 19.8 Å². The van der Waals surface area contributed by atoms with Crippen LogP contribution in [-0.2, 0) is 9.59 Å². The number of halogens is 1. The van der Waals surface area contributed by atoms with Gasteiger partial charge in [0, 0.05) is 6.54 Å². The Morgan fingerprint density at radius 3 is 2.35 bits per heavy atom. The number of alkyl halides is 1. The molecule has 94 valence electrons. The molecule has 0 N–H and O–H groups in total. The molecule has 0 aromatic heterocycles. The number of likely N-dealkylation sites (N-methyl/N-ethyl adjacent to an activating group) is 1. The van der Waals surface area contributed by atoms with Gasteiger partial charge in [-0.05, 0) is 13.3 Å². The van der Waals surface area contributed by atoms with Crippen molar-refractivity contribution in [2.75, 3.05) is 13.1 Å². The van der Waals surface area contributed by atoms with Crippen molar-refractivity contribution in [3.63, 3.8) is 0 Å². The first-order valence-electron chi connectivity index (χ1n) is 5.62. The quantitative estimate of drug-likeness (QED) is 0.451. The summed E-state index contributed by atoms with van der Waals surface area (Å²) >= 11 is 0. The zero-order valence-electron chi connectivity index (χ0n) is 10.9. The monoisotopic (exact) mass is 255 g/mol. The van der Waals surface area contributed by atoms with E-state index < -0.39 is 24.6 Å². The number of hydrogen-bond donors (Lipinski definition) is 0. The summed E-state index contributed by atoms with van der Waals surface area (Å²) < 4.78 is 13.3. The fourth-order valence-electron chi connectivity index (χ4n) is 1.38. The van der Waals surface area contributed by atoms with Gasteiger partial charge in [-0.15, -0.1) is 0 Å². The van der Waals surface area contributed by atoms with Crippen molar-refractivity contribution in [1.82, 2.24) is 4.90 Å². The normalized spacial score (nSPS) is 11.5. The number of amides is 1. The maximum absolute atomic E-state index is 13.3. The van der Waals surface area contributed by atoms with E-state index in [1.807, 2.05) is 6.92 Å². The molecule has 0 aromatic rings. The predicted octanol–water partition coefficient (Wildman–Crippen LogP) is -2.49. The largest absolute Gasteiger partial charge is 1.00 e. The number of aliphatic carboxylic acids is 1. The summed E-state index contributed by atoms with van der Waals surface area (Å²) in [4.78, 5) is 22.9. The van der Waals surface area contributed by atoms with E-state index in [0.717, 1.165) is 17.7 Å². The zero-order valence-corrected chi connectivity index (χ0v) is 12.9. The maximum atomic E-state index is 13.3. The molecule has 0 aromatic carbocycles. The molecule has 0 saturated carbocycles. The Morgan fingerprint density at radius 1 is 1.35 bits per heavy atom. The van der Waals surface area contributed by atoms with Crippen LogP contribution in [0.2, 0.25) is 0 Å². The molecular formula is C11H19FNNaO3. The second-order valence-corrected chi connectivity index (χ2v) is 3.72. The van der Waals surface area contributed by atoms with E-state index in [4.69, 9.17) is 0 Å². The van der Waals surface area contributed by atoms with Crippen molar-refractivity contribution in [1.29, 1.82) is 0 Å². The molecule has 1 unspecified atom stereocenters. The number of hydrogen-bond acceptors (Lipinski definition) is 3. The van der Waals surface area contributed by atoms with Crippen LogP contribution < -0.4 is 34.7 Å². The van der Waals surface area contributed by atoms with Crippen molar-refractivity contribution >= 4 is 11.9 Å². The number of carbonyl (C=O) groups is 2. The maximum Gasteiger partial charge on any atom is 1.00 e. The van der Waals surface area contributed by atoms with Gasteiger partial charge in [0.2, 0.25) is 5.91 Å². The first-order valence-corrected chi connectivity index (χ1v) is 5.62. The minimum atomic E-state index is -1.32. The molecule has 1 atom stereocenters. The van der Waals surface area contributed by atoms with Gasteiger partial charge in [0.15, 0.2) is 0 Å². The number of unbranched alkanes of at least 4 members (excludes halogenated alkanes) is 1.